The van der Waals surface area contributed by atoms with Gasteiger partial charge in [0.25, 0.3) is 0 Å². The third kappa shape index (κ3) is 4.63. The molecule has 0 radical (unpaired) electrons. The Kier molecular flexibility index (Phi) is 7.54. The first kappa shape index (κ1) is 13.0. The van der Waals surface area contributed by atoms with Gasteiger partial charge in [0.1, 0.15) is 0 Å². The molecule has 1 rings (SSSR count). The average molecular weight is 403 g/mol. The van der Waals surface area contributed by atoms with Gasteiger partial charge >= 0.3 is 104 Å². The standard InChI is InChI=1S/C11H19O.ClH.Hg/c1-12-11-9-7-5-3-2-4-6-8-10-11;;/h7,11H,2-6,8,10H2,1H3;1H;/q;;+1/p-1. The third-order valence-electron chi connectivity index (χ3n) is 2.93. The van der Waals surface area contributed by atoms with E-state index in [1.807, 2.05) is 7.11 Å². The summed E-state index contributed by atoms with van der Waals surface area (Å²) in [5.41, 5.74) is 0. The Labute approximate surface area is 103 Å². The van der Waals surface area contributed by atoms with Gasteiger partial charge in [-0.1, -0.05) is 0 Å². The maximum atomic E-state index is 6.15. The Morgan fingerprint density at radius 1 is 1.29 bits per heavy atom. The van der Waals surface area contributed by atoms with Crippen LogP contribution in [0.5, 0.6) is 0 Å². The van der Waals surface area contributed by atoms with Crippen molar-refractivity contribution < 1.29 is 28.1 Å². The molecule has 3 heteroatoms. The van der Waals surface area contributed by atoms with Gasteiger partial charge in [0, 0.05) is 0 Å². The number of hydrogen-bond acceptors (Lipinski definition) is 1. The van der Waals surface area contributed by atoms with Crippen LogP contribution in [0.15, 0.2) is 9.16 Å². The van der Waals surface area contributed by atoms with Gasteiger partial charge in [0.15, 0.2) is 0 Å². The first-order valence-electron chi connectivity index (χ1n) is 5.66. The molecule has 0 fully saturated rings. The summed E-state index contributed by atoms with van der Waals surface area (Å²) in [6.07, 6.45) is 12.0. The van der Waals surface area contributed by atoms with Crippen LogP contribution in [0.25, 0.3) is 0 Å². The van der Waals surface area contributed by atoms with Crippen LogP contribution in [0.1, 0.15) is 44.9 Å². The molecule has 14 heavy (non-hydrogen) atoms. The predicted molar refractivity (Wildman–Crippen MR) is 57.1 cm³/mol. The van der Waals surface area contributed by atoms with Crippen LogP contribution in [-0.4, -0.2) is 13.2 Å². The van der Waals surface area contributed by atoms with Crippen molar-refractivity contribution in [2.24, 2.45) is 0 Å². The monoisotopic (exact) mass is 404 g/mol. The van der Waals surface area contributed by atoms with E-state index in [4.69, 9.17) is 13.0 Å². The van der Waals surface area contributed by atoms with E-state index in [2.05, 4.69) is 6.08 Å². The summed E-state index contributed by atoms with van der Waals surface area (Å²) >= 11 is -1.25. The van der Waals surface area contributed by atoms with Gasteiger partial charge in [-0.15, -0.1) is 0 Å². The first-order chi connectivity index (χ1) is 6.88. The molecule has 0 aromatic carbocycles. The molecule has 0 heterocycles. The Hall–Kier alpha value is 0.925. The third-order valence-corrected chi connectivity index (χ3v) is 9.73. The van der Waals surface area contributed by atoms with Crippen LogP contribution in [0, 0.1) is 0 Å². The van der Waals surface area contributed by atoms with Crippen LogP contribution in [0.4, 0.5) is 0 Å². The Morgan fingerprint density at radius 2 is 2.00 bits per heavy atom. The van der Waals surface area contributed by atoms with Crippen molar-refractivity contribution in [2.75, 3.05) is 7.11 Å². The zero-order chi connectivity index (χ0) is 10.2. The second kappa shape index (κ2) is 8.12. The van der Waals surface area contributed by atoms with Crippen molar-refractivity contribution in [3.05, 3.63) is 9.16 Å². The molecule has 1 unspecified atom stereocenters. The second-order valence-corrected chi connectivity index (χ2v) is 10.5. The summed E-state index contributed by atoms with van der Waals surface area (Å²) in [5, 5.41) is 0. The second-order valence-electron chi connectivity index (χ2n) is 3.98. The molecule has 0 spiro atoms. The number of ether oxygens (including phenoxy) is 1. The van der Waals surface area contributed by atoms with Gasteiger partial charge in [-0.25, -0.2) is 0 Å². The molecule has 78 valence electrons. The molecule has 0 amide bonds. The fourth-order valence-corrected chi connectivity index (χ4v) is 7.81. The summed E-state index contributed by atoms with van der Waals surface area (Å²) < 4.78 is 7.04. The minimum atomic E-state index is -1.25. The van der Waals surface area contributed by atoms with Crippen LogP contribution in [0.3, 0.4) is 0 Å². The molecule has 1 nitrogen and oxygen atoms in total. The molecule has 1 aliphatic carbocycles. The fraction of sp³-hybridized carbons (Fsp3) is 0.818. The van der Waals surface area contributed by atoms with E-state index in [1.165, 1.54) is 48.0 Å². The van der Waals surface area contributed by atoms with Crippen molar-refractivity contribution >= 4 is 8.25 Å². The van der Waals surface area contributed by atoms with Crippen molar-refractivity contribution in [2.45, 2.75) is 51.0 Å². The Balaban J connectivity index is 2.55. The van der Waals surface area contributed by atoms with Crippen LogP contribution in [0.2, 0.25) is 0 Å². The van der Waals surface area contributed by atoms with E-state index in [0.29, 0.717) is 6.10 Å². The quantitative estimate of drug-likeness (QED) is 0.637. The molecule has 0 saturated carbocycles. The molecule has 1 atom stereocenters. The average Bonchev–Trinajstić information content (AvgIpc) is 2.24. The summed E-state index contributed by atoms with van der Waals surface area (Å²) in [4.78, 5) is 0. The molecular formula is C11H19ClHgO. The van der Waals surface area contributed by atoms with E-state index >= 15 is 0 Å². The molecule has 1 aliphatic rings. The van der Waals surface area contributed by atoms with Crippen molar-refractivity contribution in [1.29, 1.82) is 0 Å². The van der Waals surface area contributed by atoms with Crippen LogP contribution in [-0.2, 0) is 28.1 Å². The van der Waals surface area contributed by atoms with E-state index in [0.717, 1.165) is 0 Å². The minimum absolute atomic E-state index is 0.368. The zero-order valence-electron chi connectivity index (χ0n) is 9.10. The molecule has 0 aromatic heterocycles. The predicted octanol–water partition coefficient (Wildman–Crippen LogP) is 3.87. The number of allylic oxidation sites excluding steroid dienone is 1. The van der Waals surface area contributed by atoms with Crippen LogP contribution < -0.4 is 0 Å². The van der Waals surface area contributed by atoms with Gasteiger partial charge in [-0.2, -0.15) is 0 Å². The first-order valence-corrected chi connectivity index (χ1v) is 15.2. The van der Waals surface area contributed by atoms with Gasteiger partial charge in [0.2, 0.25) is 0 Å². The van der Waals surface area contributed by atoms with E-state index in [9.17, 15) is 0 Å². The van der Waals surface area contributed by atoms with E-state index in [-0.39, 0.29) is 0 Å². The number of hydrogen-bond donors (Lipinski definition) is 0. The SMILES string of the molecule is COC1CCCCCCC/C=[C]\1[Hg][Cl]. The summed E-state index contributed by atoms with van der Waals surface area (Å²) in [6, 6.07) is 0. The molecule has 0 N–H and O–H groups in total. The van der Waals surface area contributed by atoms with Gasteiger partial charge < -0.3 is 0 Å². The summed E-state index contributed by atoms with van der Waals surface area (Å²) in [6.45, 7) is 0. The topological polar surface area (TPSA) is 9.23 Å². The van der Waals surface area contributed by atoms with Crippen molar-refractivity contribution in [1.82, 2.24) is 0 Å². The molecule has 0 aliphatic heterocycles. The Bertz CT molecular complexity index is 182. The van der Waals surface area contributed by atoms with Crippen molar-refractivity contribution in [3.63, 3.8) is 0 Å². The fourth-order valence-electron chi connectivity index (χ4n) is 2.02. The van der Waals surface area contributed by atoms with Gasteiger partial charge in [-0.3, -0.25) is 0 Å². The maximum absolute atomic E-state index is 6.15. The molecule has 0 saturated heterocycles. The van der Waals surface area contributed by atoms with Gasteiger partial charge in [0.05, 0.1) is 0 Å². The molecule has 0 aromatic rings. The number of halogens is 1. The summed E-state index contributed by atoms with van der Waals surface area (Å²) in [7, 11) is 7.97. The van der Waals surface area contributed by atoms with Crippen LogP contribution >= 0.6 is 8.25 Å². The van der Waals surface area contributed by atoms with Gasteiger partial charge in [-0.05, 0) is 0 Å². The van der Waals surface area contributed by atoms with E-state index < -0.39 is 23.3 Å². The van der Waals surface area contributed by atoms with Crippen molar-refractivity contribution in [3.8, 4) is 0 Å². The normalized spacial score (nSPS) is 28.7. The Morgan fingerprint density at radius 3 is 2.71 bits per heavy atom. The van der Waals surface area contributed by atoms with E-state index in [1.54, 1.807) is 0 Å². The molecule has 0 bridgehead atoms. The summed E-state index contributed by atoms with van der Waals surface area (Å²) in [5.74, 6) is 0. The number of methoxy groups -OCH3 is 1. The zero-order valence-corrected chi connectivity index (χ0v) is 15.4. The molecular weight excluding hydrogens is 384 g/mol. The number of rotatable bonds is 2.